The first kappa shape index (κ1) is 15.5. The van der Waals surface area contributed by atoms with E-state index in [0.717, 1.165) is 25.8 Å². The van der Waals surface area contributed by atoms with Gasteiger partial charge in [0.15, 0.2) is 0 Å². The van der Waals surface area contributed by atoms with Crippen molar-refractivity contribution in [2.24, 2.45) is 11.1 Å². The van der Waals surface area contributed by atoms with Gasteiger partial charge in [0.2, 0.25) is 0 Å². The fraction of sp³-hybridized carbons (Fsp3) is 0.933. The molecule has 1 rings (SSSR count). The molecule has 2 N–H and O–H groups in total. The number of hydrogen-bond acceptors (Lipinski definition) is 3. The van der Waals surface area contributed by atoms with E-state index in [2.05, 4.69) is 24.8 Å². The molecule has 0 aliphatic carbocycles. The maximum absolute atomic E-state index is 9.03. The molecule has 1 unspecified atom stereocenters. The van der Waals surface area contributed by atoms with Gasteiger partial charge >= 0.3 is 0 Å². The Balaban J connectivity index is 2.25. The summed E-state index contributed by atoms with van der Waals surface area (Å²) in [7, 11) is 0. The molecule has 1 atom stereocenters. The van der Waals surface area contributed by atoms with Crippen LogP contribution in [0.15, 0.2) is 0 Å². The van der Waals surface area contributed by atoms with Crippen molar-refractivity contribution in [2.75, 3.05) is 19.6 Å². The van der Waals surface area contributed by atoms with Crippen LogP contribution in [0.4, 0.5) is 0 Å². The van der Waals surface area contributed by atoms with Crippen LogP contribution in [0.5, 0.6) is 0 Å². The number of rotatable bonds is 6. The topological polar surface area (TPSA) is 53.1 Å². The lowest BCUT2D eigenvalue weighted by Crippen LogP contribution is -2.41. The van der Waals surface area contributed by atoms with Gasteiger partial charge in [0.25, 0.3) is 0 Å². The maximum atomic E-state index is 9.03. The molecule has 1 aliphatic heterocycles. The zero-order valence-electron chi connectivity index (χ0n) is 12.3. The number of nitrogens with zero attached hydrogens (tertiary/aromatic N) is 2. The summed E-state index contributed by atoms with van der Waals surface area (Å²) >= 11 is 0. The van der Waals surface area contributed by atoms with Gasteiger partial charge < -0.3 is 10.6 Å². The Hall–Kier alpha value is -0.590. The number of likely N-dealkylation sites (tertiary alicyclic amines) is 1. The molecule has 104 valence electrons. The van der Waals surface area contributed by atoms with Crippen LogP contribution in [-0.2, 0) is 0 Å². The van der Waals surface area contributed by atoms with E-state index < -0.39 is 5.54 Å². The van der Waals surface area contributed by atoms with Gasteiger partial charge in [-0.1, -0.05) is 27.2 Å². The molecule has 3 heteroatoms. The minimum Gasteiger partial charge on any atom is -0.313 e. The highest BCUT2D eigenvalue weighted by Crippen LogP contribution is 2.33. The highest BCUT2D eigenvalue weighted by atomic mass is 15.1. The van der Waals surface area contributed by atoms with E-state index in [9.17, 15) is 0 Å². The fourth-order valence-electron chi connectivity index (χ4n) is 2.60. The third-order valence-electron chi connectivity index (χ3n) is 4.87. The lowest BCUT2D eigenvalue weighted by Gasteiger charge is -2.39. The SMILES string of the molecule is CCC(N)(C#N)CCCN1CCC(C)(CC)CC1. The highest BCUT2D eigenvalue weighted by Gasteiger charge is 2.28. The minimum absolute atomic E-state index is 0.560. The van der Waals surface area contributed by atoms with Crippen LogP contribution in [-0.4, -0.2) is 30.1 Å². The van der Waals surface area contributed by atoms with Crippen molar-refractivity contribution in [3.8, 4) is 6.07 Å². The summed E-state index contributed by atoms with van der Waals surface area (Å²) in [5.74, 6) is 0. The van der Waals surface area contributed by atoms with E-state index in [0.29, 0.717) is 5.41 Å². The van der Waals surface area contributed by atoms with E-state index in [1.54, 1.807) is 0 Å². The van der Waals surface area contributed by atoms with Crippen LogP contribution in [0.2, 0.25) is 0 Å². The van der Waals surface area contributed by atoms with Gasteiger partial charge in [-0.2, -0.15) is 5.26 Å². The van der Waals surface area contributed by atoms with Gasteiger partial charge in [-0.3, -0.25) is 0 Å². The molecular weight excluding hydrogens is 222 g/mol. The van der Waals surface area contributed by atoms with Crippen molar-refractivity contribution in [1.82, 2.24) is 4.90 Å². The first-order valence-electron chi connectivity index (χ1n) is 7.39. The molecule has 3 nitrogen and oxygen atoms in total. The summed E-state index contributed by atoms with van der Waals surface area (Å²) in [6.45, 7) is 10.2. The van der Waals surface area contributed by atoms with Crippen molar-refractivity contribution in [1.29, 1.82) is 5.26 Å². The molecule has 0 saturated carbocycles. The van der Waals surface area contributed by atoms with Crippen LogP contribution in [0.25, 0.3) is 0 Å². The zero-order valence-corrected chi connectivity index (χ0v) is 12.3. The van der Waals surface area contributed by atoms with Crippen molar-refractivity contribution in [3.05, 3.63) is 0 Å². The third kappa shape index (κ3) is 4.26. The predicted octanol–water partition coefficient (Wildman–Crippen LogP) is 2.91. The number of nitriles is 1. The second kappa shape index (κ2) is 6.54. The Labute approximate surface area is 112 Å². The molecule has 0 spiro atoms. The second-order valence-electron chi connectivity index (χ2n) is 6.23. The molecular formula is C15H29N3. The van der Waals surface area contributed by atoms with E-state index in [1.807, 2.05) is 6.92 Å². The van der Waals surface area contributed by atoms with Crippen molar-refractivity contribution >= 4 is 0 Å². The van der Waals surface area contributed by atoms with Crippen LogP contribution in [0.3, 0.4) is 0 Å². The van der Waals surface area contributed by atoms with Gasteiger partial charge in [0.05, 0.1) is 6.07 Å². The fourth-order valence-corrected chi connectivity index (χ4v) is 2.60. The van der Waals surface area contributed by atoms with Crippen molar-refractivity contribution in [2.45, 2.75) is 64.8 Å². The summed E-state index contributed by atoms with van der Waals surface area (Å²) in [4.78, 5) is 2.53. The summed E-state index contributed by atoms with van der Waals surface area (Å²) in [6.07, 6.45) is 6.52. The molecule has 18 heavy (non-hydrogen) atoms. The molecule has 0 aromatic rings. The lowest BCUT2D eigenvalue weighted by molar-refractivity contribution is 0.112. The summed E-state index contributed by atoms with van der Waals surface area (Å²) in [5.41, 5.74) is 5.95. The average Bonchev–Trinajstić information content (AvgIpc) is 2.41. The van der Waals surface area contributed by atoms with Gasteiger partial charge in [0, 0.05) is 0 Å². The van der Waals surface area contributed by atoms with Gasteiger partial charge in [-0.05, 0) is 57.2 Å². The smallest absolute Gasteiger partial charge is 0.104 e. The summed E-state index contributed by atoms with van der Waals surface area (Å²) < 4.78 is 0. The molecule has 1 fully saturated rings. The van der Waals surface area contributed by atoms with E-state index in [1.165, 1.54) is 32.4 Å². The van der Waals surface area contributed by atoms with E-state index in [-0.39, 0.29) is 0 Å². The Morgan fingerprint density at radius 3 is 2.39 bits per heavy atom. The molecule has 0 radical (unpaired) electrons. The minimum atomic E-state index is -0.603. The molecule has 1 heterocycles. The molecule has 1 saturated heterocycles. The molecule has 0 aromatic heterocycles. The van der Waals surface area contributed by atoms with Crippen LogP contribution in [0.1, 0.15) is 59.3 Å². The van der Waals surface area contributed by atoms with Crippen LogP contribution in [0, 0.1) is 16.7 Å². The molecule has 0 amide bonds. The average molecular weight is 251 g/mol. The molecule has 0 bridgehead atoms. The number of hydrogen-bond donors (Lipinski definition) is 1. The Morgan fingerprint density at radius 2 is 1.94 bits per heavy atom. The molecule has 1 aliphatic rings. The first-order valence-corrected chi connectivity index (χ1v) is 7.39. The van der Waals surface area contributed by atoms with Crippen molar-refractivity contribution in [3.63, 3.8) is 0 Å². The van der Waals surface area contributed by atoms with Gasteiger partial charge in [-0.15, -0.1) is 0 Å². The maximum Gasteiger partial charge on any atom is 0.104 e. The van der Waals surface area contributed by atoms with E-state index >= 15 is 0 Å². The first-order chi connectivity index (χ1) is 8.47. The highest BCUT2D eigenvalue weighted by molar-refractivity contribution is 5.03. The quantitative estimate of drug-likeness (QED) is 0.789. The monoisotopic (exact) mass is 251 g/mol. The second-order valence-corrected chi connectivity index (χ2v) is 6.23. The number of piperidine rings is 1. The Bertz CT molecular complexity index is 287. The molecule has 0 aromatic carbocycles. The Morgan fingerprint density at radius 1 is 1.33 bits per heavy atom. The van der Waals surface area contributed by atoms with Crippen molar-refractivity contribution < 1.29 is 0 Å². The lowest BCUT2D eigenvalue weighted by atomic mass is 9.78. The van der Waals surface area contributed by atoms with Gasteiger partial charge in [-0.25, -0.2) is 0 Å². The van der Waals surface area contributed by atoms with E-state index in [4.69, 9.17) is 11.0 Å². The third-order valence-corrected chi connectivity index (χ3v) is 4.87. The number of nitrogens with two attached hydrogens (primary N) is 1. The zero-order chi connectivity index (χ0) is 13.6. The predicted molar refractivity (Wildman–Crippen MR) is 76.1 cm³/mol. The van der Waals surface area contributed by atoms with Crippen LogP contribution >= 0.6 is 0 Å². The summed E-state index contributed by atoms with van der Waals surface area (Å²) in [6, 6.07) is 2.25. The Kier molecular flexibility index (Phi) is 5.62. The van der Waals surface area contributed by atoms with Crippen LogP contribution < -0.4 is 5.73 Å². The summed E-state index contributed by atoms with van der Waals surface area (Å²) in [5, 5.41) is 9.03. The van der Waals surface area contributed by atoms with Gasteiger partial charge in [0.1, 0.15) is 5.54 Å². The normalized spacial score (nSPS) is 23.3. The largest absolute Gasteiger partial charge is 0.313 e. The standard InChI is InChI=1S/C15H29N3/c1-4-14(3)8-11-18(12-9-14)10-6-7-15(17,5-2)13-16/h4-12,17H2,1-3H3.